The highest BCUT2D eigenvalue weighted by molar-refractivity contribution is 5.68. The van der Waals surface area contributed by atoms with Gasteiger partial charge in [-0.05, 0) is 25.3 Å². The molecule has 0 bridgehead atoms. The van der Waals surface area contributed by atoms with Gasteiger partial charge in [-0.3, -0.25) is 0 Å². The number of alkyl carbamates (subject to hydrolysis) is 1. The van der Waals surface area contributed by atoms with Crippen molar-refractivity contribution in [2.45, 2.75) is 52.0 Å². The number of amides is 1. The van der Waals surface area contributed by atoms with Crippen molar-refractivity contribution in [3.63, 3.8) is 0 Å². The molecule has 0 aliphatic heterocycles. The number of nitrogens with one attached hydrogen (secondary N) is 1. The number of benzene rings is 1. The average Bonchev–Trinajstić information content (AvgIpc) is 2.45. The Kier molecular flexibility index (Phi) is 6.18. The highest BCUT2D eigenvalue weighted by Gasteiger charge is 2.41. The third kappa shape index (κ3) is 4.72. The summed E-state index contributed by atoms with van der Waals surface area (Å²) in [5.74, 6) is -0.112. The fourth-order valence-electron chi connectivity index (χ4n) is 2.10. The Hall–Kier alpha value is -1.59. The van der Waals surface area contributed by atoms with Crippen molar-refractivity contribution in [1.29, 1.82) is 0 Å². The average molecular weight is 295 g/mol. The topological polar surface area (TPSA) is 78.8 Å². The van der Waals surface area contributed by atoms with Gasteiger partial charge in [-0.1, -0.05) is 44.2 Å². The van der Waals surface area contributed by atoms with E-state index in [9.17, 15) is 15.0 Å². The minimum absolute atomic E-state index is 0.112. The molecule has 0 unspecified atom stereocenters. The van der Waals surface area contributed by atoms with Crippen molar-refractivity contribution in [3.05, 3.63) is 35.9 Å². The first-order chi connectivity index (χ1) is 9.77. The molecule has 1 aromatic carbocycles. The molecule has 0 aliphatic rings. The third-order valence-corrected chi connectivity index (χ3v) is 3.70. The Balaban J connectivity index is 2.65. The van der Waals surface area contributed by atoms with Crippen LogP contribution in [0.3, 0.4) is 0 Å². The molecule has 0 saturated carbocycles. The van der Waals surface area contributed by atoms with Crippen molar-refractivity contribution in [2.24, 2.45) is 5.92 Å². The van der Waals surface area contributed by atoms with Crippen LogP contribution in [0.2, 0.25) is 0 Å². The number of carbonyl (C=O) groups is 1. The fourth-order valence-corrected chi connectivity index (χ4v) is 2.10. The van der Waals surface area contributed by atoms with Gasteiger partial charge in [0.25, 0.3) is 0 Å². The first-order valence-corrected chi connectivity index (χ1v) is 7.12. The van der Waals surface area contributed by atoms with E-state index in [4.69, 9.17) is 4.74 Å². The molecular formula is C16H25NO4. The minimum Gasteiger partial charge on any atom is -0.445 e. The lowest BCUT2D eigenvalue weighted by atomic mass is 9.83. The molecule has 5 nitrogen and oxygen atoms in total. The summed E-state index contributed by atoms with van der Waals surface area (Å²) in [7, 11) is 0. The van der Waals surface area contributed by atoms with E-state index < -0.39 is 23.8 Å². The lowest BCUT2D eigenvalue weighted by Crippen LogP contribution is -2.62. The second kappa shape index (κ2) is 7.43. The molecule has 0 spiro atoms. The predicted octanol–water partition coefficient (Wildman–Crippen LogP) is 2.07. The van der Waals surface area contributed by atoms with Crippen LogP contribution in [-0.2, 0) is 11.3 Å². The Morgan fingerprint density at radius 1 is 1.24 bits per heavy atom. The van der Waals surface area contributed by atoms with E-state index >= 15 is 0 Å². The highest BCUT2D eigenvalue weighted by atomic mass is 16.5. The van der Waals surface area contributed by atoms with Crippen LogP contribution in [0, 0.1) is 5.92 Å². The predicted molar refractivity (Wildman–Crippen MR) is 80.7 cm³/mol. The van der Waals surface area contributed by atoms with E-state index in [0.717, 1.165) is 5.56 Å². The number of carbonyl (C=O) groups excluding carboxylic acids is 1. The first kappa shape index (κ1) is 17.5. The molecule has 0 aliphatic carbocycles. The van der Waals surface area contributed by atoms with Crippen LogP contribution in [0.1, 0.15) is 33.3 Å². The van der Waals surface area contributed by atoms with Gasteiger partial charge in [0.1, 0.15) is 6.61 Å². The molecule has 118 valence electrons. The Labute approximate surface area is 125 Å². The van der Waals surface area contributed by atoms with Gasteiger partial charge in [0.15, 0.2) is 0 Å². The van der Waals surface area contributed by atoms with E-state index in [1.165, 1.54) is 6.92 Å². The summed E-state index contributed by atoms with van der Waals surface area (Å²) >= 11 is 0. The van der Waals surface area contributed by atoms with Gasteiger partial charge in [0.05, 0.1) is 17.7 Å². The fraction of sp³-hybridized carbons (Fsp3) is 0.562. The maximum atomic E-state index is 11.9. The van der Waals surface area contributed by atoms with Crippen molar-refractivity contribution in [1.82, 2.24) is 5.32 Å². The summed E-state index contributed by atoms with van der Waals surface area (Å²) in [6.45, 7) is 6.92. The van der Waals surface area contributed by atoms with Crippen molar-refractivity contribution in [2.75, 3.05) is 0 Å². The van der Waals surface area contributed by atoms with Gasteiger partial charge in [-0.25, -0.2) is 4.79 Å². The maximum Gasteiger partial charge on any atom is 0.408 e. The van der Waals surface area contributed by atoms with E-state index in [1.807, 2.05) is 44.2 Å². The summed E-state index contributed by atoms with van der Waals surface area (Å²) in [6, 6.07) is 9.30. The number of hydrogen-bond donors (Lipinski definition) is 3. The van der Waals surface area contributed by atoms with Gasteiger partial charge in [-0.15, -0.1) is 0 Å². The highest BCUT2D eigenvalue weighted by Crippen LogP contribution is 2.22. The molecule has 0 fully saturated rings. The normalized spacial score (nSPS) is 16.9. The molecule has 0 saturated heterocycles. The number of hydrogen-bond acceptors (Lipinski definition) is 4. The van der Waals surface area contributed by atoms with Crippen molar-refractivity contribution >= 4 is 6.09 Å². The molecule has 1 aromatic rings. The summed E-state index contributed by atoms with van der Waals surface area (Å²) < 4.78 is 5.13. The van der Waals surface area contributed by atoms with Crippen LogP contribution < -0.4 is 5.32 Å². The van der Waals surface area contributed by atoms with Gasteiger partial charge in [0.2, 0.25) is 0 Å². The van der Waals surface area contributed by atoms with Crippen LogP contribution in [0.5, 0.6) is 0 Å². The van der Waals surface area contributed by atoms with Gasteiger partial charge < -0.3 is 20.3 Å². The number of aliphatic hydroxyl groups is 2. The summed E-state index contributed by atoms with van der Waals surface area (Å²) in [6.07, 6.45) is -2.47. The van der Waals surface area contributed by atoms with Crippen LogP contribution in [0.25, 0.3) is 0 Å². The molecule has 1 rings (SSSR count). The SMILES string of the molecule is CC(C)[C@@H](O)[C@](C)(NC(=O)OCc1ccccc1)[C@H](C)O. The molecule has 5 heteroatoms. The zero-order valence-corrected chi connectivity index (χ0v) is 13.0. The lowest BCUT2D eigenvalue weighted by Gasteiger charge is -2.39. The Morgan fingerprint density at radius 3 is 2.29 bits per heavy atom. The van der Waals surface area contributed by atoms with E-state index in [2.05, 4.69) is 5.32 Å². The van der Waals surface area contributed by atoms with Crippen LogP contribution in [0.15, 0.2) is 30.3 Å². The standard InChI is InChI=1S/C16H25NO4/c1-11(2)14(19)16(4,12(3)18)17-15(20)21-10-13-8-6-5-7-9-13/h5-9,11-12,14,18-19H,10H2,1-4H3,(H,17,20)/t12-,14+,16+/m0/s1. The lowest BCUT2D eigenvalue weighted by molar-refractivity contribution is -0.0356. The van der Waals surface area contributed by atoms with Gasteiger partial charge in [0, 0.05) is 0 Å². The monoisotopic (exact) mass is 295 g/mol. The van der Waals surface area contributed by atoms with Crippen LogP contribution >= 0.6 is 0 Å². The smallest absolute Gasteiger partial charge is 0.408 e. The second-order valence-electron chi connectivity index (χ2n) is 5.83. The molecular weight excluding hydrogens is 270 g/mol. The number of aliphatic hydroxyl groups excluding tert-OH is 2. The zero-order valence-electron chi connectivity index (χ0n) is 13.0. The molecule has 0 aromatic heterocycles. The first-order valence-electron chi connectivity index (χ1n) is 7.12. The molecule has 21 heavy (non-hydrogen) atoms. The van der Waals surface area contributed by atoms with Gasteiger partial charge in [-0.2, -0.15) is 0 Å². The minimum atomic E-state index is -1.16. The quantitative estimate of drug-likeness (QED) is 0.750. The number of rotatable bonds is 6. The molecule has 3 atom stereocenters. The summed E-state index contributed by atoms with van der Waals surface area (Å²) in [5.41, 5.74) is -0.294. The Morgan fingerprint density at radius 2 is 1.81 bits per heavy atom. The zero-order chi connectivity index (χ0) is 16.0. The van der Waals surface area contributed by atoms with Gasteiger partial charge >= 0.3 is 6.09 Å². The summed E-state index contributed by atoms with van der Waals surface area (Å²) in [5, 5.41) is 22.7. The largest absolute Gasteiger partial charge is 0.445 e. The van der Waals surface area contributed by atoms with E-state index in [0.29, 0.717) is 0 Å². The van der Waals surface area contributed by atoms with E-state index in [1.54, 1.807) is 6.92 Å². The van der Waals surface area contributed by atoms with Crippen LogP contribution in [0.4, 0.5) is 4.79 Å². The number of ether oxygens (including phenoxy) is 1. The third-order valence-electron chi connectivity index (χ3n) is 3.70. The molecule has 0 radical (unpaired) electrons. The summed E-state index contributed by atoms with van der Waals surface area (Å²) in [4.78, 5) is 11.9. The van der Waals surface area contributed by atoms with Crippen molar-refractivity contribution in [3.8, 4) is 0 Å². The van der Waals surface area contributed by atoms with E-state index in [-0.39, 0.29) is 12.5 Å². The van der Waals surface area contributed by atoms with Crippen LogP contribution in [-0.4, -0.2) is 34.1 Å². The molecule has 0 heterocycles. The maximum absolute atomic E-state index is 11.9. The second-order valence-corrected chi connectivity index (χ2v) is 5.83. The van der Waals surface area contributed by atoms with Crippen molar-refractivity contribution < 1.29 is 19.7 Å². The Bertz CT molecular complexity index is 447. The molecule has 3 N–H and O–H groups in total. The molecule has 1 amide bonds.